The second-order valence-electron chi connectivity index (χ2n) is 9.16. The van der Waals surface area contributed by atoms with Gasteiger partial charge in [-0.25, -0.2) is 9.59 Å². The maximum Gasteiger partial charge on any atom is 0.407 e. The third-order valence-electron chi connectivity index (χ3n) is 5.05. The second-order valence-corrected chi connectivity index (χ2v) is 9.16. The highest BCUT2D eigenvalue weighted by atomic mass is 16.6. The number of carboxylic acids is 1. The first-order valence-corrected chi connectivity index (χ1v) is 12.2. The molecule has 1 aromatic rings. The van der Waals surface area contributed by atoms with Crippen LogP contribution in [0.5, 0.6) is 5.75 Å². The molecular weight excluding hydrogens is 464 g/mol. The van der Waals surface area contributed by atoms with Gasteiger partial charge < -0.3 is 30.3 Å². The fourth-order valence-corrected chi connectivity index (χ4v) is 3.37. The van der Waals surface area contributed by atoms with E-state index in [2.05, 4.69) is 16.7 Å². The van der Waals surface area contributed by atoms with E-state index in [1.54, 1.807) is 27.7 Å². The minimum Gasteiger partial charge on any atom is -0.493 e. The van der Waals surface area contributed by atoms with Crippen LogP contribution in [-0.4, -0.2) is 59.6 Å². The summed E-state index contributed by atoms with van der Waals surface area (Å²) in [4.78, 5) is 35.9. The molecule has 0 aliphatic carbocycles. The van der Waals surface area contributed by atoms with Crippen LogP contribution in [0.25, 0.3) is 0 Å². The molecule has 0 saturated carbocycles. The largest absolute Gasteiger partial charge is 0.493 e. The fraction of sp³-hybridized carbons (Fsp3) is 0.519. The van der Waals surface area contributed by atoms with Crippen molar-refractivity contribution in [2.45, 2.75) is 72.5 Å². The lowest BCUT2D eigenvalue weighted by atomic mass is 9.97. The number of nitrogens with one attached hydrogen (secondary N) is 2. The molecule has 2 amide bonds. The number of carbonyl (C=O) groups excluding carboxylic acids is 2. The van der Waals surface area contributed by atoms with E-state index < -0.39 is 29.7 Å². The van der Waals surface area contributed by atoms with Crippen LogP contribution in [0.15, 0.2) is 41.5 Å². The molecule has 200 valence electrons. The zero-order valence-electron chi connectivity index (χ0n) is 22.1. The Labute approximate surface area is 213 Å². The van der Waals surface area contributed by atoms with E-state index in [1.807, 2.05) is 19.9 Å². The number of carbonyl (C=O) groups is 3. The van der Waals surface area contributed by atoms with Crippen LogP contribution in [0.1, 0.15) is 81.5 Å². The molecule has 0 radical (unpaired) electrons. The molecule has 0 aliphatic rings. The highest BCUT2D eigenvalue weighted by molar-refractivity contribution is 5.98. The Morgan fingerprint density at radius 3 is 2.36 bits per heavy atom. The molecule has 0 heterocycles. The number of hydrogen-bond acceptors (Lipinski definition) is 6. The smallest absolute Gasteiger partial charge is 0.407 e. The molecule has 0 fully saturated rings. The minimum atomic E-state index is -1.11. The Hall–Kier alpha value is -3.33. The van der Waals surface area contributed by atoms with Crippen LogP contribution in [-0.2, 0) is 4.74 Å². The van der Waals surface area contributed by atoms with E-state index in [0.29, 0.717) is 19.4 Å². The van der Waals surface area contributed by atoms with Crippen LogP contribution in [0.2, 0.25) is 0 Å². The molecular formula is C27H40N2O7. The van der Waals surface area contributed by atoms with Crippen LogP contribution in [0.3, 0.4) is 0 Å². The molecule has 0 bridgehead atoms. The van der Waals surface area contributed by atoms with Crippen molar-refractivity contribution >= 4 is 18.0 Å². The number of hydrogen-bond donors (Lipinski definition) is 4. The molecule has 9 nitrogen and oxygen atoms in total. The number of aliphatic hydroxyl groups is 1. The number of benzene rings is 1. The molecule has 1 aromatic carbocycles. The van der Waals surface area contributed by atoms with E-state index in [4.69, 9.17) is 14.6 Å². The van der Waals surface area contributed by atoms with Crippen molar-refractivity contribution in [1.82, 2.24) is 10.6 Å². The van der Waals surface area contributed by atoms with Gasteiger partial charge in [-0.3, -0.25) is 4.79 Å². The van der Waals surface area contributed by atoms with Crippen molar-refractivity contribution < 1.29 is 34.1 Å². The fourth-order valence-electron chi connectivity index (χ4n) is 3.37. The minimum absolute atomic E-state index is 0.0196. The van der Waals surface area contributed by atoms with Crippen molar-refractivity contribution in [3.63, 3.8) is 0 Å². The first-order chi connectivity index (χ1) is 16.9. The van der Waals surface area contributed by atoms with Gasteiger partial charge in [0.15, 0.2) is 0 Å². The summed E-state index contributed by atoms with van der Waals surface area (Å²) >= 11 is 0. The molecule has 0 saturated heterocycles. The highest BCUT2D eigenvalue weighted by Gasteiger charge is 2.18. The van der Waals surface area contributed by atoms with Crippen LogP contribution >= 0.6 is 0 Å². The maximum absolute atomic E-state index is 12.6. The number of ether oxygens (including phenoxy) is 2. The predicted molar refractivity (Wildman–Crippen MR) is 139 cm³/mol. The molecule has 36 heavy (non-hydrogen) atoms. The van der Waals surface area contributed by atoms with Gasteiger partial charge in [-0.05, 0) is 83.2 Å². The van der Waals surface area contributed by atoms with Crippen molar-refractivity contribution in [2.75, 3.05) is 19.7 Å². The Morgan fingerprint density at radius 1 is 1.11 bits per heavy atom. The van der Waals surface area contributed by atoms with E-state index in [9.17, 15) is 19.5 Å². The standard InChI is InChI=1S/C27H40N2O7/c1-7-10-19(18(8-2)16-29-26(34)36-27(4,5)6)11-13-21(30)17-28-24(31)22-14-12-20(25(32)33)15-23(22)35-9-3/h8,10,12,14-15,21,30H,7,9,11,13,16-17H2,1-6H3,(H,28,31)(H,29,34)(H,32,33)/b18-8-,19-10-. The molecule has 9 heteroatoms. The van der Waals surface area contributed by atoms with Gasteiger partial charge in [-0.2, -0.15) is 0 Å². The van der Waals surface area contributed by atoms with Crippen molar-refractivity contribution in [1.29, 1.82) is 0 Å². The lowest BCUT2D eigenvalue weighted by molar-refractivity contribution is 0.0532. The van der Waals surface area contributed by atoms with Gasteiger partial charge in [0, 0.05) is 13.1 Å². The number of alkyl carbamates (subject to hydrolysis) is 1. The lowest BCUT2D eigenvalue weighted by Crippen LogP contribution is -2.34. The number of carboxylic acid groups (broad SMARTS) is 1. The zero-order valence-corrected chi connectivity index (χ0v) is 22.1. The average molecular weight is 505 g/mol. The number of rotatable bonds is 13. The Bertz CT molecular complexity index is 961. The van der Waals surface area contributed by atoms with E-state index in [1.165, 1.54) is 18.2 Å². The number of amides is 2. The second kappa shape index (κ2) is 14.9. The Balaban J connectivity index is 2.71. The van der Waals surface area contributed by atoms with Gasteiger partial charge in [-0.15, -0.1) is 0 Å². The summed E-state index contributed by atoms with van der Waals surface area (Å²) in [6.45, 7) is 11.6. The van der Waals surface area contributed by atoms with Crippen molar-refractivity contribution in [3.05, 3.63) is 52.6 Å². The quantitative estimate of drug-likeness (QED) is 0.291. The molecule has 0 aliphatic heterocycles. The summed E-state index contributed by atoms with van der Waals surface area (Å²) in [6, 6.07) is 4.04. The van der Waals surface area contributed by atoms with E-state index >= 15 is 0 Å². The SMILES string of the molecule is C/C=C(CNC(=O)OC(C)(C)C)\C(=C/CC)CCC(O)CNC(=O)c1ccc(C(=O)O)cc1OCC. The maximum atomic E-state index is 12.6. The highest BCUT2D eigenvalue weighted by Crippen LogP contribution is 2.22. The third-order valence-corrected chi connectivity index (χ3v) is 5.05. The van der Waals surface area contributed by atoms with Crippen LogP contribution < -0.4 is 15.4 Å². The van der Waals surface area contributed by atoms with E-state index in [0.717, 1.165) is 17.6 Å². The molecule has 0 aromatic heterocycles. The predicted octanol–water partition coefficient (Wildman–Crippen LogP) is 4.46. The van der Waals surface area contributed by atoms with Crippen molar-refractivity contribution in [3.8, 4) is 5.75 Å². The van der Waals surface area contributed by atoms with Gasteiger partial charge in [-0.1, -0.05) is 19.1 Å². The van der Waals surface area contributed by atoms with Gasteiger partial charge in [0.2, 0.25) is 0 Å². The summed E-state index contributed by atoms with van der Waals surface area (Å²) in [5, 5.41) is 25.1. The third kappa shape index (κ3) is 10.9. The average Bonchev–Trinajstić information content (AvgIpc) is 2.80. The van der Waals surface area contributed by atoms with Gasteiger partial charge in [0.25, 0.3) is 5.91 Å². The summed E-state index contributed by atoms with van der Waals surface area (Å²) in [6.07, 6.45) is 4.41. The molecule has 0 spiro atoms. The normalized spacial score (nSPS) is 13.1. The summed E-state index contributed by atoms with van der Waals surface area (Å²) in [7, 11) is 0. The summed E-state index contributed by atoms with van der Waals surface area (Å²) in [5.74, 6) is -1.40. The van der Waals surface area contributed by atoms with E-state index in [-0.39, 0.29) is 30.0 Å². The topological polar surface area (TPSA) is 134 Å². The summed E-state index contributed by atoms with van der Waals surface area (Å²) in [5.41, 5.74) is 1.57. The monoisotopic (exact) mass is 504 g/mol. The zero-order chi connectivity index (χ0) is 27.3. The first-order valence-electron chi connectivity index (χ1n) is 12.2. The van der Waals surface area contributed by atoms with Crippen LogP contribution in [0, 0.1) is 0 Å². The Kier molecular flexibility index (Phi) is 12.7. The Morgan fingerprint density at radius 2 is 1.81 bits per heavy atom. The molecule has 4 N–H and O–H groups in total. The first kappa shape index (κ1) is 30.7. The summed E-state index contributed by atoms with van der Waals surface area (Å²) < 4.78 is 10.7. The lowest BCUT2D eigenvalue weighted by Gasteiger charge is -2.21. The molecule has 1 atom stereocenters. The molecule has 1 rings (SSSR count). The number of aliphatic hydroxyl groups excluding tert-OH is 1. The number of aromatic carboxylic acids is 1. The number of allylic oxidation sites excluding steroid dienone is 2. The molecule has 1 unspecified atom stereocenters. The van der Waals surface area contributed by atoms with Gasteiger partial charge in [0.1, 0.15) is 11.4 Å². The van der Waals surface area contributed by atoms with Crippen LogP contribution in [0.4, 0.5) is 4.79 Å². The van der Waals surface area contributed by atoms with Crippen molar-refractivity contribution in [2.24, 2.45) is 0 Å². The van der Waals surface area contributed by atoms with Gasteiger partial charge >= 0.3 is 12.1 Å². The van der Waals surface area contributed by atoms with Gasteiger partial charge in [0.05, 0.1) is 23.8 Å².